The van der Waals surface area contributed by atoms with Crippen molar-refractivity contribution in [3.8, 4) is 0 Å². The van der Waals surface area contributed by atoms with Gasteiger partial charge in [0.25, 0.3) is 0 Å². The Morgan fingerprint density at radius 3 is 3.12 bits per heavy atom. The van der Waals surface area contributed by atoms with Gasteiger partial charge in [0.05, 0.1) is 25.3 Å². The van der Waals surface area contributed by atoms with Crippen molar-refractivity contribution in [1.29, 1.82) is 0 Å². The molecule has 130 valence electrons. The maximum absolute atomic E-state index is 12.8. The minimum absolute atomic E-state index is 0.0712. The standard InChI is InChI=1S/C17H20N6O2/c1-12-10-18-17(19-12)15-11-25-9-8-22(15)16(24)6-7-23-14-5-3-2-4-13(14)20-21-23/h2-5,10,15H,6-9,11H2,1H3,(H,18,19)/t15-/m0/s1. The number of aromatic nitrogens is 5. The summed E-state index contributed by atoms with van der Waals surface area (Å²) in [4.78, 5) is 22.2. The molecule has 1 amide bonds. The Hall–Kier alpha value is -2.74. The van der Waals surface area contributed by atoms with Gasteiger partial charge in [0.2, 0.25) is 5.91 Å². The Morgan fingerprint density at radius 2 is 2.28 bits per heavy atom. The van der Waals surface area contributed by atoms with Crippen LogP contribution in [0.15, 0.2) is 30.5 Å². The van der Waals surface area contributed by atoms with Crippen LogP contribution in [-0.4, -0.2) is 55.5 Å². The molecule has 8 heteroatoms. The lowest BCUT2D eigenvalue weighted by Gasteiger charge is -2.34. The molecule has 1 atom stereocenters. The van der Waals surface area contributed by atoms with E-state index in [4.69, 9.17) is 4.74 Å². The van der Waals surface area contributed by atoms with Crippen molar-refractivity contribution < 1.29 is 9.53 Å². The second-order valence-electron chi connectivity index (χ2n) is 6.18. The Balaban J connectivity index is 1.47. The van der Waals surface area contributed by atoms with Gasteiger partial charge < -0.3 is 14.6 Å². The fraction of sp³-hybridized carbons (Fsp3) is 0.412. The number of carbonyl (C=O) groups is 1. The van der Waals surface area contributed by atoms with E-state index in [1.807, 2.05) is 36.1 Å². The summed E-state index contributed by atoms with van der Waals surface area (Å²) in [5, 5.41) is 8.27. The van der Waals surface area contributed by atoms with Crippen LogP contribution in [0.4, 0.5) is 0 Å². The minimum Gasteiger partial charge on any atom is -0.377 e. The molecular weight excluding hydrogens is 320 g/mol. The van der Waals surface area contributed by atoms with E-state index in [2.05, 4.69) is 20.3 Å². The summed E-state index contributed by atoms with van der Waals surface area (Å²) in [6, 6.07) is 7.58. The van der Waals surface area contributed by atoms with Gasteiger partial charge in [0.15, 0.2) is 0 Å². The number of aromatic amines is 1. The van der Waals surface area contributed by atoms with Gasteiger partial charge in [0, 0.05) is 24.9 Å². The molecule has 1 fully saturated rings. The van der Waals surface area contributed by atoms with Gasteiger partial charge in [-0.2, -0.15) is 0 Å². The molecule has 4 rings (SSSR count). The molecule has 3 aromatic rings. The molecule has 1 saturated heterocycles. The highest BCUT2D eigenvalue weighted by Crippen LogP contribution is 2.23. The van der Waals surface area contributed by atoms with Crippen molar-refractivity contribution in [2.45, 2.75) is 25.9 Å². The van der Waals surface area contributed by atoms with E-state index < -0.39 is 0 Å². The predicted molar refractivity (Wildman–Crippen MR) is 90.7 cm³/mol. The summed E-state index contributed by atoms with van der Waals surface area (Å²) in [6.07, 6.45) is 2.14. The number of ether oxygens (including phenoxy) is 1. The summed E-state index contributed by atoms with van der Waals surface area (Å²) >= 11 is 0. The number of hydrogen-bond acceptors (Lipinski definition) is 5. The molecule has 3 heterocycles. The molecule has 1 aliphatic rings. The zero-order chi connectivity index (χ0) is 17.2. The van der Waals surface area contributed by atoms with Crippen molar-refractivity contribution in [3.63, 3.8) is 0 Å². The van der Waals surface area contributed by atoms with Crippen molar-refractivity contribution in [3.05, 3.63) is 42.0 Å². The molecule has 8 nitrogen and oxygen atoms in total. The highest BCUT2D eigenvalue weighted by molar-refractivity contribution is 5.77. The Morgan fingerprint density at radius 1 is 1.40 bits per heavy atom. The first-order valence-electron chi connectivity index (χ1n) is 8.39. The number of nitrogens with zero attached hydrogens (tertiary/aromatic N) is 5. The first-order valence-corrected chi connectivity index (χ1v) is 8.39. The molecule has 0 aliphatic carbocycles. The number of imidazole rings is 1. The van der Waals surface area contributed by atoms with Crippen molar-refractivity contribution >= 4 is 16.9 Å². The Bertz CT molecular complexity index is 886. The molecule has 0 radical (unpaired) electrons. The van der Waals surface area contributed by atoms with E-state index in [-0.39, 0.29) is 11.9 Å². The van der Waals surface area contributed by atoms with E-state index in [1.165, 1.54) is 0 Å². The number of rotatable bonds is 4. The topological polar surface area (TPSA) is 88.9 Å². The molecule has 2 aromatic heterocycles. The lowest BCUT2D eigenvalue weighted by Crippen LogP contribution is -2.44. The Kier molecular flexibility index (Phi) is 4.19. The molecule has 1 aromatic carbocycles. The number of morpholine rings is 1. The third-order valence-corrected chi connectivity index (χ3v) is 4.44. The van der Waals surface area contributed by atoms with Gasteiger partial charge in [-0.05, 0) is 19.1 Å². The molecule has 0 saturated carbocycles. The molecule has 25 heavy (non-hydrogen) atoms. The van der Waals surface area contributed by atoms with Crippen molar-refractivity contribution in [2.24, 2.45) is 0 Å². The van der Waals surface area contributed by atoms with Crippen LogP contribution in [0.3, 0.4) is 0 Å². The summed E-state index contributed by atoms with van der Waals surface area (Å²) in [6.45, 7) is 4.03. The Labute approximate surface area is 144 Å². The van der Waals surface area contributed by atoms with Crippen LogP contribution in [-0.2, 0) is 16.1 Å². The molecule has 0 unspecified atom stereocenters. The normalized spacial score (nSPS) is 18.0. The number of H-pyrrole nitrogens is 1. The van der Waals surface area contributed by atoms with Gasteiger partial charge >= 0.3 is 0 Å². The third-order valence-electron chi connectivity index (χ3n) is 4.44. The zero-order valence-corrected chi connectivity index (χ0v) is 14.1. The third kappa shape index (κ3) is 3.12. The summed E-state index contributed by atoms with van der Waals surface area (Å²) in [7, 11) is 0. The number of amides is 1. The minimum atomic E-state index is -0.164. The number of nitrogens with one attached hydrogen (secondary N) is 1. The lowest BCUT2D eigenvalue weighted by molar-refractivity contribution is -0.140. The molecule has 1 N–H and O–H groups in total. The highest BCUT2D eigenvalue weighted by atomic mass is 16.5. The van der Waals surface area contributed by atoms with Gasteiger partial charge in [0.1, 0.15) is 17.4 Å². The molecule has 0 spiro atoms. The summed E-state index contributed by atoms with van der Waals surface area (Å²) in [5.74, 6) is 0.846. The lowest BCUT2D eigenvalue weighted by atomic mass is 10.2. The van der Waals surface area contributed by atoms with Gasteiger partial charge in [-0.25, -0.2) is 9.67 Å². The van der Waals surface area contributed by atoms with Gasteiger partial charge in [-0.1, -0.05) is 17.3 Å². The SMILES string of the molecule is Cc1cnc([C@@H]2COCCN2C(=O)CCn2nnc3ccccc32)[nH]1. The van der Waals surface area contributed by atoms with Crippen LogP contribution >= 0.6 is 0 Å². The average Bonchev–Trinajstić information content (AvgIpc) is 3.26. The van der Waals surface area contributed by atoms with Crippen molar-refractivity contribution in [2.75, 3.05) is 19.8 Å². The van der Waals surface area contributed by atoms with Crippen LogP contribution in [0.2, 0.25) is 0 Å². The number of hydrogen-bond donors (Lipinski definition) is 1. The number of fused-ring (bicyclic) bond motifs is 1. The smallest absolute Gasteiger partial charge is 0.225 e. The van der Waals surface area contributed by atoms with E-state index in [1.54, 1.807) is 10.9 Å². The van der Waals surface area contributed by atoms with Crippen LogP contribution in [0.5, 0.6) is 0 Å². The average molecular weight is 340 g/mol. The fourth-order valence-electron chi connectivity index (χ4n) is 3.16. The molecule has 1 aliphatic heterocycles. The van der Waals surface area contributed by atoms with E-state index >= 15 is 0 Å². The number of aryl methyl sites for hydroxylation is 2. The summed E-state index contributed by atoms with van der Waals surface area (Å²) < 4.78 is 7.33. The first-order chi connectivity index (χ1) is 12.2. The van der Waals surface area contributed by atoms with Crippen LogP contribution in [0.25, 0.3) is 11.0 Å². The summed E-state index contributed by atoms with van der Waals surface area (Å²) in [5.41, 5.74) is 2.75. The highest BCUT2D eigenvalue weighted by Gasteiger charge is 2.30. The van der Waals surface area contributed by atoms with Crippen LogP contribution in [0.1, 0.15) is 24.0 Å². The predicted octanol–water partition coefficient (Wildman–Crippen LogP) is 1.45. The number of carbonyl (C=O) groups excluding carboxylic acids is 1. The first kappa shape index (κ1) is 15.8. The quantitative estimate of drug-likeness (QED) is 0.776. The number of benzene rings is 1. The monoisotopic (exact) mass is 340 g/mol. The second kappa shape index (κ2) is 6.64. The number of para-hydroxylation sites is 1. The van der Waals surface area contributed by atoms with E-state index in [9.17, 15) is 4.79 Å². The maximum atomic E-state index is 12.8. The van der Waals surface area contributed by atoms with Crippen LogP contribution < -0.4 is 0 Å². The maximum Gasteiger partial charge on any atom is 0.225 e. The van der Waals surface area contributed by atoms with E-state index in [0.717, 1.165) is 22.6 Å². The zero-order valence-electron chi connectivity index (χ0n) is 14.1. The van der Waals surface area contributed by atoms with Gasteiger partial charge in [-0.3, -0.25) is 4.79 Å². The van der Waals surface area contributed by atoms with E-state index in [0.29, 0.717) is 32.7 Å². The van der Waals surface area contributed by atoms with Crippen LogP contribution in [0, 0.1) is 6.92 Å². The largest absolute Gasteiger partial charge is 0.377 e. The molecule has 0 bridgehead atoms. The van der Waals surface area contributed by atoms with Gasteiger partial charge in [-0.15, -0.1) is 5.10 Å². The molecular formula is C17H20N6O2. The fourth-order valence-corrected chi connectivity index (χ4v) is 3.16. The van der Waals surface area contributed by atoms with Crippen molar-refractivity contribution in [1.82, 2.24) is 29.9 Å². The second-order valence-corrected chi connectivity index (χ2v) is 6.18.